The zero-order chi connectivity index (χ0) is 14.2. The van der Waals surface area contributed by atoms with Crippen LogP contribution in [0.2, 0.25) is 0 Å². The fourth-order valence-electron chi connectivity index (χ4n) is 1.91. The highest BCUT2D eigenvalue weighted by atomic mass is 19.1. The minimum Gasteiger partial charge on any atom is -0.462 e. The van der Waals surface area contributed by atoms with Crippen molar-refractivity contribution < 1.29 is 13.9 Å². The van der Waals surface area contributed by atoms with E-state index in [-0.39, 0.29) is 12.6 Å². The molecular weight excluding hydrogens is 255 g/mol. The largest absolute Gasteiger partial charge is 0.462 e. The summed E-state index contributed by atoms with van der Waals surface area (Å²) in [4.78, 5) is 11.6. The molecule has 0 heterocycles. The summed E-state index contributed by atoms with van der Waals surface area (Å²) in [5, 5.41) is 0. The predicted octanol–water partition coefficient (Wildman–Crippen LogP) is 4.33. The van der Waals surface area contributed by atoms with Gasteiger partial charge in [-0.3, -0.25) is 0 Å². The van der Waals surface area contributed by atoms with Gasteiger partial charge in [-0.1, -0.05) is 48.5 Å². The number of rotatable bonds is 6. The molecule has 1 atom stereocenters. The Bertz CT molecular complexity index is 525. The van der Waals surface area contributed by atoms with Gasteiger partial charge in [-0.2, -0.15) is 0 Å². The number of carbonyl (C=O) groups is 1. The fraction of sp³-hybridized carbons (Fsp3) is 0.235. The summed E-state index contributed by atoms with van der Waals surface area (Å²) < 4.78 is 19.0. The zero-order valence-electron chi connectivity index (χ0n) is 11.2. The molecule has 0 fully saturated rings. The Morgan fingerprint density at radius 3 is 2.25 bits per heavy atom. The Labute approximate surface area is 118 Å². The van der Waals surface area contributed by atoms with E-state index >= 15 is 0 Å². The third-order valence-corrected chi connectivity index (χ3v) is 3.01. The van der Waals surface area contributed by atoms with Crippen molar-refractivity contribution in [1.82, 2.24) is 0 Å². The van der Waals surface area contributed by atoms with E-state index in [9.17, 15) is 9.18 Å². The van der Waals surface area contributed by atoms with Gasteiger partial charge in [0.15, 0.2) is 0 Å². The molecule has 104 valence electrons. The van der Waals surface area contributed by atoms with Gasteiger partial charge in [-0.25, -0.2) is 9.18 Å². The third kappa shape index (κ3) is 4.19. The van der Waals surface area contributed by atoms with Crippen LogP contribution in [-0.2, 0) is 4.74 Å². The van der Waals surface area contributed by atoms with Crippen molar-refractivity contribution in [2.75, 3.05) is 6.61 Å². The summed E-state index contributed by atoms with van der Waals surface area (Å²) in [6, 6.07) is 17.8. The zero-order valence-corrected chi connectivity index (χ0v) is 11.2. The average Bonchev–Trinajstić information content (AvgIpc) is 2.53. The second-order valence-corrected chi connectivity index (χ2v) is 4.52. The van der Waals surface area contributed by atoms with E-state index in [2.05, 4.69) is 0 Å². The first kappa shape index (κ1) is 14.3. The molecule has 0 aliphatic heterocycles. The highest BCUT2D eigenvalue weighted by Crippen LogP contribution is 2.22. The van der Waals surface area contributed by atoms with E-state index in [0.29, 0.717) is 24.0 Å². The van der Waals surface area contributed by atoms with Crippen molar-refractivity contribution in [3.8, 4) is 0 Å². The second-order valence-electron chi connectivity index (χ2n) is 4.52. The van der Waals surface area contributed by atoms with Crippen molar-refractivity contribution >= 4 is 5.97 Å². The molecule has 0 spiro atoms. The molecule has 0 aliphatic rings. The molecule has 2 aromatic carbocycles. The van der Waals surface area contributed by atoms with Crippen molar-refractivity contribution in [3.63, 3.8) is 0 Å². The number of benzene rings is 2. The molecule has 0 saturated carbocycles. The third-order valence-electron chi connectivity index (χ3n) is 3.01. The second kappa shape index (κ2) is 7.43. The van der Waals surface area contributed by atoms with E-state index in [1.807, 2.05) is 24.3 Å². The smallest absolute Gasteiger partial charge is 0.338 e. The minimum absolute atomic E-state index is 0.237. The molecule has 0 aromatic heterocycles. The average molecular weight is 272 g/mol. The monoisotopic (exact) mass is 272 g/mol. The summed E-state index contributed by atoms with van der Waals surface area (Å²) in [6.07, 6.45) is -0.146. The normalized spacial score (nSPS) is 11.8. The molecule has 0 radical (unpaired) electrons. The van der Waals surface area contributed by atoms with Crippen LogP contribution in [0.15, 0.2) is 60.7 Å². The standard InChI is InChI=1S/C17H17FO2/c18-16(14-8-3-1-4-9-14)12-7-13-20-17(19)15-10-5-2-6-11-15/h1-6,8-11,16H,7,12-13H2. The minimum atomic E-state index is -1.01. The Morgan fingerprint density at radius 2 is 1.60 bits per heavy atom. The molecule has 2 rings (SSSR count). The summed E-state index contributed by atoms with van der Waals surface area (Å²) in [7, 11) is 0. The number of ether oxygens (including phenoxy) is 1. The molecule has 3 heteroatoms. The molecule has 2 nitrogen and oxygen atoms in total. The molecule has 0 saturated heterocycles. The van der Waals surface area contributed by atoms with E-state index in [4.69, 9.17) is 4.74 Å². The Kier molecular flexibility index (Phi) is 5.30. The summed E-state index contributed by atoms with van der Waals surface area (Å²) in [6.45, 7) is 0.237. The highest BCUT2D eigenvalue weighted by Gasteiger charge is 2.10. The SMILES string of the molecule is O=C(OCCCC(F)c1ccccc1)c1ccccc1. The van der Waals surface area contributed by atoms with Gasteiger partial charge in [0, 0.05) is 0 Å². The summed E-state index contributed by atoms with van der Waals surface area (Å²) in [5.74, 6) is -0.360. The van der Waals surface area contributed by atoms with Gasteiger partial charge in [-0.15, -0.1) is 0 Å². The molecule has 0 N–H and O–H groups in total. The number of esters is 1. The number of hydrogen-bond acceptors (Lipinski definition) is 2. The van der Waals surface area contributed by atoms with Crippen LogP contribution in [0.25, 0.3) is 0 Å². The fourth-order valence-corrected chi connectivity index (χ4v) is 1.91. The number of alkyl halides is 1. The van der Waals surface area contributed by atoms with Gasteiger partial charge in [0.25, 0.3) is 0 Å². The van der Waals surface area contributed by atoms with Crippen LogP contribution < -0.4 is 0 Å². The van der Waals surface area contributed by atoms with E-state index < -0.39 is 6.17 Å². The lowest BCUT2D eigenvalue weighted by Crippen LogP contribution is -2.06. The van der Waals surface area contributed by atoms with Crippen LogP contribution in [0.1, 0.15) is 34.9 Å². The van der Waals surface area contributed by atoms with Crippen molar-refractivity contribution in [2.24, 2.45) is 0 Å². The van der Waals surface area contributed by atoms with E-state index in [1.165, 1.54) is 0 Å². The van der Waals surface area contributed by atoms with E-state index in [0.717, 1.165) is 0 Å². The number of halogens is 1. The Hall–Kier alpha value is -2.16. The number of hydrogen-bond donors (Lipinski definition) is 0. The lowest BCUT2D eigenvalue weighted by atomic mass is 10.1. The molecule has 0 amide bonds. The molecule has 0 aliphatic carbocycles. The van der Waals surface area contributed by atoms with Crippen LogP contribution in [0.4, 0.5) is 4.39 Å². The first-order valence-corrected chi connectivity index (χ1v) is 6.68. The van der Waals surface area contributed by atoms with Gasteiger partial charge < -0.3 is 4.74 Å². The van der Waals surface area contributed by atoms with Crippen LogP contribution in [0.5, 0.6) is 0 Å². The molecule has 0 bridgehead atoms. The topological polar surface area (TPSA) is 26.3 Å². The maximum Gasteiger partial charge on any atom is 0.338 e. The molecular formula is C17H17FO2. The quantitative estimate of drug-likeness (QED) is 0.577. The highest BCUT2D eigenvalue weighted by molar-refractivity contribution is 5.89. The van der Waals surface area contributed by atoms with Crippen LogP contribution >= 0.6 is 0 Å². The first-order chi connectivity index (χ1) is 9.77. The lowest BCUT2D eigenvalue weighted by Gasteiger charge is -2.09. The maximum absolute atomic E-state index is 13.8. The van der Waals surface area contributed by atoms with Crippen molar-refractivity contribution in [2.45, 2.75) is 19.0 Å². The predicted molar refractivity (Wildman–Crippen MR) is 76.2 cm³/mol. The Balaban J connectivity index is 1.71. The maximum atomic E-state index is 13.8. The molecule has 1 unspecified atom stereocenters. The number of carbonyl (C=O) groups excluding carboxylic acids is 1. The van der Waals surface area contributed by atoms with Crippen LogP contribution in [0, 0.1) is 0 Å². The van der Waals surface area contributed by atoms with Gasteiger partial charge in [0.2, 0.25) is 0 Å². The van der Waals surface area contributed by atoms with Crippen molar-refractivity contribution in [1.29, 1.82) is 0 Å². The van der Waals surface area contributed by atoms with Crippen LogP contribution in [-0.4, -0.2) is 12.6 Å². The van der Waals surface area contributed by atoms with E-state index in [1.54, 1.807) is 36.4 Å². The van der Waals surface area contributed by atoms with Gasteiger partial charge in [0.1, 0.15) is 6.17 Å². The van der Waals surface area contributed by atoms with Gasteiger partial charge >= 0.3 is 5.97 Å². The van der Waals surface area contributed by atoms with Crippen molar-refractivity contribution in [3.05, 3.63) is 71.8 Å². The molecule has 2 aromatic rings. The first-order valence-electron chi connectivity index (χ1n) is 6.68. The summed E-state index contributed by atoms with van der Waals surface area (Å²) in [5.41, 5.74) is 1.19. The lowest BCUT2D eigenvalue weighted by molar-refractivity contribution is 0.0490. The van der Waals surface area contributed by atoms with Gasteiger partial charge in [-0.05, 0) is 30.5 Å². The Morgan fingerprint density at radius 1 is 1.00 bits per heavy atom. The summed E-state index contributed by atoms with van der Waals surface area (Å²) >= 11 is 0. The molecule has 20 heavy (non-hydrogen) atoms. The van der Waals surface area contributed by atoms with Gasteiger partial charge in [0.05, 0.1) is 12.2 Å². The van der Waals surface area contributed by atoms with Crippen LogP contribution in [0.3, 0.4) is 0 Å².